The molecular weight excluding hydrogens is 347 g/mol. The minimum Gasteiger partial charge on any atom is -0.0622 e. The van der Waals surface area contributed by atoms with E-state index in [1.807, 2.05) is 0 Å². The molecule has 0 aromatic heterocycles. The standard InChI is InChI=1S/C19H15.BrH.K/c1-4-10-16(11-5-1)19(17-12-6-2-7-13-17)18-14-8-3-9-15-18;;/h1-15H;1H;/q;;+1/p-1. The quantitative estimate of drug-likeness (QED) is 0.445. The SMILES string of the molecule is [K][Br].c1ccc([C](c2ccccc2)c2ccccc2)cc1. The topological polar surface area (TPSA) is 0 Å². The Morgan fingerprint density at radius 3 is 0.952 bits per heavy atom. The second-order valence-corrected chi connectivity index (χ2v) is 4.47. The van der Waals surface area contributed by atoms with Crippen molar-refractivity contribution in [2.75, 3.05) is 0 Å². The molecule has 0 fully saturated rings. The first-order valence-electron chi connectivity index (χ1n) is 6.86. The van der Waals surface area contributed by atoms with Gasteiger partial charge in [0.1, 0.15) is 0 Å². The van der Waals surface area contributed by atoms with E-state index in [0.29, 0.717) is 0 Å². The van der Waals surface area contributed by atoms with Crippen LogP contribution >= 0.6 is 6.60 Å². The maximum atomic E-state index is 3.12. The molecule has 0 unspecified atom stereocenters. The van der Waals surface area contributed by atoms with E-state index in [1.165, 1.54) is 22.6 Å². The van der Waals surface area contributed by atoms with Crippen molar-refractivity contribution in [3.05, 3.63) is 114 Å². The average molecular weight is 362 g/mol. The number of rotatable bonds is 3. The Morgan fingerprint density at radius 1 is 0.476 bits per heavy atom. The Hall–Kier alpha value is -0.224. The van der Waals surface area contributed by atoms with Crippen LogP contribution in [0.25, 0.3) is 0 Å². The molecule has 0 aliphatic carbocycles. The third kappa shape index (κ3) is 4.88. The molecular formula is C19H15BrK. The summed E-state index contributed by atoms with van der Waals surface area (Å²) in [5.41, 5.74) is 3.75. The molecule has 21 heavy (non-hydrogen) atoms. The fraction of sp³-hybridized carbons (Fsp3) is 0. The van der Waals surface area contributed by atoms with Crippen LogP contribution in [-0.4, -0.2) is 45.4 Å². The normalized spacial score (nSPS) is 9.90. The van der Waals surface area contributed by atoms with Crippen LogP contribution in [-0.2, 0) is 0 Å². The van der Waals surface area contributed by atoms with Crippen LogP contribution in [0.5, 0.6) is 0 Å². The van der Waals surface area contributed by atoms with E-state index >= 15 is 0 Å². The van der Waals surface area contributed by atoms with E-state index in [0.717, 1.165) is 45.4 Å². The van der Waals surface area contributed by atoms with Gasteiger partial charge in [-0.15, -0.1) is 0 Å². The number of hydrogen-bond donors (Lipinski definition) is 0. The van der Waals surface area contributed by atoms with Gasteiger partial charge in [0.15, 0.2) is 0 Å². The van der Waals surface area contributed by atoms with Gasteiger partial charge < -0.3 is 0 Å². The van der Waals surface area contributed by atoms with E-state index in [-0.39, 0.29) is 0 Å². The fourth-order valence-corrected chi connectivity index (χ4v) is 2.31. The monoisotopic (exact) mass is 361 g/mol. The first-order valence-corrected chi connectivity index (χ1v) is 14.6. The summed E-state index contributed by atoms with van der Waals surface area (Å²) < 4.78 is 0. The first-order chi connectivity index (χ1) is 10.4. The van der Waals surface area contributed by atoms with Crippen LogP contribution < -0.4 is 0 Å². The summed E-state index contributed by atoms with van der Waals surface area (Å²) in [6.07, 6.45) is 0. The summed E-state index contributed by atoms with van der Waals surface area (Å²) in [6.45, 7) is 3.12. The van der Waals surface area contributed by atoms with E-state index in [9.17, 15) is 0 Å². The summed E-state index contributed by atoms with van der Waals surface area (Å²) in [6, 6.07) is 31.6. The Kier molecular flexibility index (Phi) is 7.93. The van der Waals surface area contributed by atoms with Gasteiger partial charge in [-0.1, -0.05) is 91.0 Å². The maximum absolute atomic E-state index is 3.12. The van der Waals surface area contributed by atoms with Crippen LogP contribution in [0.1, 0.15) is 16.7 Å². The zero-order valence-corrected chi connectivity index (χ0v) is 16.7. The van der Waals surface area contributed by atoms with Crippen molar-refractivity contribution >= 4 is 52.0 Å². The van der Waals surface area contributed by atoms with Gasteiger partial charge in [0.25, 0.3) is 0 Å². The van der Waals surface area contributed by atoms with Gasteiger partial charge in [-0.25, -0.2) is 0 Å². The van der Waals surface area contributed by atoms with E-state index in [2.05, 4.69) is 97.6 Å². The van der Waals surface area contributed by atoms with Crippen LogP contribution in [0, 0.1) is 5.92 Å². The first kappa shape index (κ1) is 17.1. The van der Waals surface area contributed by atoms with Gasteiger partial charge in [0.05, 0.1) is 5.92 Å². The Bertz CT molecular complexity index is 530. The number of hydrogen-bond acceptors (Lipinski definition) is 0. The van der Waals surface area contributed by atoms with Crippen LogP contribution in [0.15, 0.2) is 91.0 Å². The van der Waals surface area contributed by atoms with Crippen LogP contribution in [0.2, 0.25) is 0 Å². The van der Waals surface area contributed by atoms with Gasteiger partial charge in [0.2, 0.25) is 0 Å². The summed E-state index contributed by atoms with van der Waals surface area (Å²) >= 11 is 0.875. The molecule has 0 atom stereocenters. The minimum absolute atomic E-state index is 0.875. The second-order valence-electron chi connectivity index (χ2n) is 4.47. The third-order valence-electron chi connectivity index (χ3n) is 3.19. The van der Waals surface area contributed by atoms with E-state index in [1.54, 1.807) is 0 Å². The molecule has 99 valence electrons. The largest absolute Gasteiger partial charge is 0.0629 e. The Morgan fingerprint density at radius 2 is 0.714 bits per heavy atom. The van der Waals surface area contributed by atoms with Crippen molar-refractivity contribution in [2.45, 2.75) is 0 Å². The van der Waals surface area contributed by atoms with E-state index < -0.39 is 0 Å². The van der Waals surface area contributed by atoms with Crippen molar-refractivity contribution in [3.63, 3.8) is 0 Å². The molecule has 3 rings (SSSR count). The zero-order valence-electron chi connectivity index (χ0n) is 12.0. The maximum Gasteiger partial charge on any atom is 0.0629 e. The summed E-state index contributed by atoms with van der Waals surface area (Å²) in [5.74, 6) is 1.28. The molecule has 0 aliphatic heterocycles. The van der Waals surface area contributed by atoms with Crippen molar-refractivity contribution in [1.29, 1.82) is 0 Å². The van der Waals surface area contributed by atoms with Crippen LogP contribution in [0.3, 0.4) is 0 Å². The van der Waals surface area contributed by atoms with Gasteiger partial charge in [0, 0.05) is 0 Å². The molecule has 0 saturated carbocycles. The van der Waals surface area contributed by atoms with Gasteiger partial charge in [-0.2, -0.15) is 0 Å². The summed E-state index contributed by atoms with van der Waals surface area (Å²) in [7, 11) is 0. The molecule has 0 aliphatic rings. The van der Waals surface area contributed by atoms with Crippen LogP contribution in [0.4, 0.5) is 0 Å². The van der Waals surface area contributed by atoms with Crippen molar-refractivity contribution in [2.24, 2.45) is 0 Å². The number of halogens is 1. The molecule has 0 bridgehead atoms. The summed E-state index contributed by atoms with van der Waals surface area (Å²) in [4.78, 5) is 0. The predicted octanol–water partition coefficient (Wildman–Crippen LogP) is 5.17. The second kappa shape index (κ2) is 9.72. The number of benzene rings is 3. The molecule has 0 saturated heterocycles. The summed E-state index contributed by atoms with van der Waals surface area (Å²) in [5, 5.41) is 0. The molecule has 1 radical (unpaired) electrons. The predicted molar refractivity (Wildman–Crippen MR) is 94.6 cm³/mol. The Balaban J connectivity index is 0.000000774. The fourth-order valence-electron chi connectivity index (χ4n) is 2.31. The molecule has 0 amide bonds. The Labute approximate surface area is 163 Å². The third-order valence-corrected chi connectivity index (χ3v) is 3.19. The van der Waals surface area contributed by atoms with Crippen molar-refractivity contribution in [3.8, 4) is 0 Å². The van der Waals surface area contributed by atoms with E-state index in [4.69, 9.17) is 0 Å². The molecule has 0 nitrogen and oxygen atoms in total. The molecule has 0 heterocycles. The van der Waals surface area contributed by atoms with Crippen molar-refractivity contribution < 1.29 is 0 Å². The van der Waals surface area contributed by atoms with Crippen molar-refractivity contribution in [1.82, 2.24) is 0 Å². The molecule has 0 spiro atoms. The smallest absolute Gasteiger partial charge is 0.0622 e. The average Bonchev–Trinajstić information content (AvgIpc) is 2.60. The molecule has 2 heteroatoms. The minimum atomic E-state index is 0.875. The van der Waals surface area contributed by atoms with Gasteiger partial charge >= 0.3 is 52.0 Å². The van der Waals surface area contributed by atoms with Gasteiger partial charge in [-0.05, 0) is 16.7 Å². The van der Waals surface area contributed by atoms with Gasteiger partial charge in [-0.3, -0.25) is 0 Å². The molecule has 3 aromatic rings. The zero-order chi connectivity index (χ0) is 14.9. The molecule has 3 aromatic carbocycles. The molecule has 0 N–H and O–H groups in total.